The van der Waals surface area contributed by atoms with Gasteiger partial charge in [-0.05, 0) is 24.3 Å². The van der Waals surface area contributed by atoms with Gasteiger partial charge in [0.1, 0.15) is 5.69 Å². The van der Waals surface area contributed by atoms with E-state index < -0.39 is 0 Å². The van der Waals surface area contributed by atoms with E-state index in [9.17, 15) is 4.79 Å². The van der Waals surface area contributed by atoms with Crippen LogP contribution in [0.3, 0.4) is 0 Å². The first-order valence-corrected chi connectivity index (χ1v) is 4.84. The third kappa shape index (κ3) is 2.19. The summed E-state index contributed by atoms with van der Waals surface area (Å²) in [6.45, 7) is 0. The second-order valence-electron chi connectivity index (χ2n) is 3.02. The molecule has 0 saturated heterocycles. The van der Waals surface area contributed by atoms with E-state index in [1.165, 1.54) is 0 Å². The van der Waals surface area contributed by atoms with Crippen LogP contribution >= 0.6 is 11.6 Å². The average molecular weight is 221 g/mol. The molecule has 2 rings (SSSR count). The highest BCUT2D eigenvalue weighted by atomic mass is 35.5. The van der Waals surface area contributed by atoms with E-state index in [-0.39, 0.29) is 5.91 Å². The van der Waals surface area contributed by atoms with Gasteiger partial charge >= 0.3 is 0 Å². The smallest absolute Gasteiger partial charge is 0.272 e. The molecule has 1 aromatic heterocycles. The molecule has 0 aliphatic heterocycles. The number of anilines is 1. The first-order valence-electron chi connectivity index (χ1n) is 4.46. The first kappa shape index (κ1) is 9.80. The van der Waals surface area contributed by atoms with Crippen LogP contribution in [0.1, 0.15) is 10.5 Å². The molecule has 0 atom stereocenters. The van der Waals surface area contributed by atoms with Gasteiger partial charge in [0.25, 0.3) is 5.91 Å². The van der Waals surface area contributed by atoms with Gasteiger partial charge in [-0.3, -0.25) is 4.79 Å². The van der Waals surface area contributed by atoms with Crippen LogP contribution in [0.2, 0.25) is 5.02 Å². The van der Waals surface area contributed by atoms with Crippen molar-refractivity contribution in [3.63, 3.8) is 0 Å². The van der Waals surface area contributed by atoms with Crippen molar-refractivity contribution in [1.29, 1.82) is 0 Å². The molecule has 76 valence electrons. The zero-order valence-corrected chi connectivity index (χ0v) is 8.58. The number of para-hydroxylation sites is 1. The SMILES string of the molecule is O=C(Nc1ccccc1Cl)c1ccc[nH]1. The molecule has 15 heavy (non-hydrogen) atoms. The summed E-state index contributed by atoms with van der Waals surface area (Å²) in [5, 5.41) is 3.24. The van der Waals surface area contributed by atoms with Crippen molar-refractivity contribution in [3.05, 3.63) is 53.3 Å². The predicted octanol–water partition coefficient (Wildman–Crippen LogP) is 2.92. The number of rotatable bonds is 2. The zero-order valence-electron chi connectivity index (χ0n) is 7.83. The fraction of sp³-hybridized carbons (Fsp3) is 0. The van der Waals surface area contributed by atoms with Crippen molar-refractivity contribution in [2.45, 2.75) is 0 Å². The quantitative estimate of drug-likeness (QED) is 0.803. The van der Waals surface area contributed by atoms with Crippen molar-refractivity contribution in [1.82, 2.24) is 4.98 Å². The second kappa shape index (κ2) is 4.19. The molecule has 0 bridgehead atoms. The number of halogens is 1. The fourth-order valence-electron chi connectivity index (χ4n) is 1.22. The minimum Gasteiger partial charge on any atom is -0.357 e. The number of carbonyl (C=O) groups excluding carboxylic acids is 1. The monoisotopic (exact) mass is 220 g/mol. The number of H-pyrrole nitrogens is 1. The number of nitrogens with one attached hydrogen (secondary N) is 2. The van der Waals surface area contributed by atoms with E-state index in [1.54, 1.807) is 30.5 Å². The molecule has 0 saturated carbocycles. The van der Waals surface area contributed by atoms with Crippen molar-refractivity contribution >= 4 is 23.2 Å². The zero-order chi connectivity index (χ0) is 10.7. The lowest BCUT2D eigenvalue weighted by molar-refractivity contribution is 0.102. The lowest BCUT2D eigenvalue weighted by Gasteiger charge is -2.05. The van der Waals surface area contributed by atoms with Gasteiger partial charge < -0.3 is 10.3 Å². The van der Waals surface area contributed by atoms with Gasteiger partial charge in [-0.2, -0.15) is 0 Å². The molecule has 1 heterocycles. The molecule has 4 heteroatoms. The molecule has 0 radical (unpaired) electrons. The Kier molecular flexibility index (Phi) is 2.74. The van der Waals surface area contributed by atoms with Gasteiger partial charge in [-0.25, -0.2) is 0 Å². The highest BCUT2D eigenvalue weighted by Crippen LogP contribution is 2.20. The number of carbonyl (C=O) groups is 1. The Bertz CT molecular complexity index is 465. The van der Waals surface area contributed by atoms with Gasteiger partial charge in [0.15, 0.2) is 0 Å². The van der Waals surface area contributed by atoms with Crippen molar-refractivity contribution in [3.8, 4) is 0 Å². The predicted molar refractivity (Wildman–Crippen MR) is 60.2 cm³/mol. The van der Waals surface area contributed by atoms with Crippen LogP contribution in [-0.2, 0) is 0 Å². The minimum atomic E-state index is -0.201. The normalized spacial score (nSPS) is 9.93. The van der Waals surface area contributed by atoms with Crippen LogP contribution in [0.5, 0.6) is 0 Å². The minimum absolute atomic E-state index is 0.201. The maximum absolute atomic E-state index is 11.6. The topological polar surface area (TPSA) is 44.9 Å². The van der Waals surface area contributed by atoms with Crippen molar-refractivity contribution in [2.24, 2.45) is 0 Å². The van der Waals surface area contributed by atoms with Crippen molar-refractivity contribution in [2.75, 3.05) is 5.32 Å². The fourth-order valence-corrected chi connectivity index (χ4v) is 1.41. The van der Waals surface area contributed by atoms with E-state index in [1.807, 2.05) is 12.1 Å². The number of hydrogen-bond donors (Lipinski definition) is 2. The number of hydrogen-bond acceptors (Lipinski definition) is 1. The summed E-state index contributed by atoms with van der Waals surface area (Å²) in [6.07, 6.45) is 1.70. The molecule has 0 spiro atoms. The Hall–Kier alpha value is -1.74. The van der Waals surface area contributed by atoms with Crippen LogP contribution in [0, 0.1) is 0 Å². The Morgan fingerprint density at radius 1 is 1.20 bits per heavy atom. The third-order valence-electron chi connectivity index (χ3n) is 1.96. The number of aromatic amines is 1. The van der Waals surface area contributed by atoms with Gasteiger partial charge in [-0.1, -0.05) is 23.7 Å². The summed E-state index contributed by atoms with van der Waals surface area (Å²) in [5.41, 5.74) is 1.12. The van der Waals surface area contributed by atoms with Crippen LogP contribution in [0.25, 0.3) is 0 Å². The summed E-state index contributed by atoms with van der Waals surface area (Å²) in [5.74, 6) is -0.201. The highest BCUT2D eigenvalue weighted by Gasteiger charge is 2.07. The lowest BCUT2D eigenvalue weighted by atomic mass is 10.3. The molecule has 1 aromatic carbocycles. The van der Waals surface area contributed by atoms with E-state index >= 15 is 0 Å². The molecule has 3 nitrogen and oxygen atoms in total. The van der Waals surface area contributed by atoms with E-state index in [0.717, 1.165) is 0 Å². The van der Waals surface area contributed by atoms with Crippen LogP contribution < -0.4 is 5.32 Å². The maximum Gasteiger partial charge on any atom is 0.272 e. The molecule has 0 fully saturated rings. The van der Waals surface area contributed by atoms with Crippen LogP contribution in [0.4, 0.5) is 5.69 Å². The second-order valence-corrected chi connectivity index (χ2v) is 3.42. The molecule has 2 aromatic rings. The van der Waals surface area contributed by atoms with Crippen LogP contribution in [0.15, 0.2) is 42.6 Å². The maximum atomic E-state index is 11.6. The molecular formula is C11H9ClN2O. The Labute approximate surface area is 92.1 Å². The average Bonchev–Trinajstić information content (AvgIpc) is 2.74. The molecular weight excluding hydrogens is 212 g/mol. The van der Waals surface area contributed by atoms with Crippen LogP contribution in [-0.4, -0.2) is 10.9 Å². The Morgan fingerprint density at radius 3 is 2.67 bits per heavy atom. The first-order chi connectivity index (χ1) is 7.27. The highest BCUT2D eigenvalue weighted by molar-refractivity contribution is 6.33. The molecule has 0 aliphatic rings. The van der Waals surface area contributed by atoms with E-state index in [4.69, 9.17) is 11.6 Å². The number of benzene rings is 1. The lowest BCUT2D eigenvalue weighted by Crippen LogP contribution is -2.12. The standard InChI is InChI=1S/C11H9ClN2O/c12-8-4-1-2-5-9(8)14-11(15)10-6-3-7-13-10/h1-7,13H,(H,14,15). The largest absolute Gasteiger partial charge is 0.357 e. The summed E-state index contributed by atoms with van der Waals surface area (Å²) in [6, 6.07) is 10.6. The van der Waals surface area contributed by atoms with Gasteiger partial charge in [0, 0.05) is 6.20 Å². The number of amides is 1. The summed E-state index contributed by atoms with van der Waals surface area (Å²) >= 11 is 5.90. The van der Waals surface area contributed by atoms with Gasteiger partial charge in [0.05, 0.1) is 10.7 Å². The summed E-state index contributed by atoms with van der Waals surface area (Å²) < 4.78 is 0. The summed E-state index contributed by atoms with van der Waals surface area (Å²) in [4.78, 5) is 14.4. The summed E-state index contributed by atoms with van der Waals surface area (Å²) in [7, 11) is 0. The molecule has 0 unspecified atom stereocenters. The molecule has 2 N–H and O–H groups in total. The van der Waals surface area contributed by atoms with Gasteiger partial charge in [-0.15, -0.1) is 0 Å². The van der Waals surface area contributed by atoms with Crippen molar-refractivity contribution < 1.29 is 4.79 Å². The Balaban J connectivity index is 2.17. The molecule has 1 amide bonds. The number of aromatic nitrogens is 1. The van der Waals surface area contributed by atoms with E-state index in [2.05, 4.69) is 10.3 Å². The third-order valence-corrected chi connectivity index (χ3v) is 2.29. The van der Waals surface area contributed by atoms with Gasteiger partial charge in [0.2, 0.25) is 0 Å². The Morgan fingerprint density at radius 2 is 2.00 bits per heavy atom. The van der Waals surface area contributed by atoms with E-state index in [0.29, 0.717) is 16.4 Å². The molecule has 0 aliphatic carbocycles.